The van der Waals surface area contributed by atoms with Crippen LogP contribution in [0.5, 0.6) is 0 Å². The Kier molecular flexibility index (Phi) is 3.99. The van der Waals surface area contributed by atoms with Gasteiger partial charge in [-0.15, -0.1) is 11.6 Å². The van der Waals surface area contributed by atoms with Gasteiger partial charge in [0.25, 0.3) is 0 Å². The molecule has 2 aromatic rings. The Morgan fingerprint density at radius 3 is 2.94 bits per heavy atom. The van der Waals surface area contributed by atoms with E-state index >= 15 is 0 Å². The molecule has 0 aliphatic carbocycles. The second-order valence-electron chi connectivity index (χ2n) is 3.91. The Balaban J connectivity index is 2.28. The third-order valence-electron chi connectivity index (χ3n) is 2.59. The molecule has 0 aliphatic rings. The zero-order chi connectivity index (χ0) is 13.0. The van der Waals surface area contributed by atoms with Crippen LogP contribution in [0.2, 0.25) is 0 Å². The molecule has 0 spiro atoms. The molecule has 0 unspecified atom stereocenters. The number of hydrogen-bond donors (Lipinski definition) is 1. The summed E-state index contributed by atoms with van der Waals surface area (Å²) in [7, 11) is 0. The number of nitrogens with one attached hydrogen (secondary N) is 1. The van der Waals surface area contributed by atoms with E-state index in [0.29, 0.717) is 5.88 Å². The molecule has 2 rings (SSSR count). The monoisotopic (exact) mass is 263 g/mol. The highest BCUT2D eigenvalue weighted by molar-refractivity contribution is 6.19. The van der Waals surface area contributed by atoms with E-state index in [4.69, 9.17) is 11.6 Å². The summed E-state index contributed by atoms with van der Waals surface area (Å²) in [5, 5.41) is 0. The number of carbonyl (C=O) groups excluding carboxylic acids is 1. The zero-order valence-corrected chi connectivity index (χ0v) is 10.8. The van der Waals surface area contributed by atoms with E-state index in [1.807, 2.05) is 31.2 Å². The van der Waals surface area contributed by atoms with Gasteiger partial charge in [-0.3, -0.25) is 10.2 Å². The third-order valence-corrected chi connectivity index (χ3v) is 2.78. The van der Waals surface area contributed by atoms with Crippen LogP contribution in [0.15, 0.2) is 36.7 Å². The van der Waals surface area contributed by atoms with E-state index in [2.05, 4.69) is 10.4 Å². The predicted octanol–water partition coefficient (Wildman–Crippen LogP) is 2.56. The van der Waals surface area contributed by atoms with Gasteiger partial charge in [0.2, 0.25) is 5.91 Å². The highest BCUT2D eigenvalue weighted by Gasteiger charge is 2.09. The van der Waals surface area contributed by atoms with Crippen LogP contribution in [0.3, 0.4) is 0 Å². The van der Waals surface area contributed by atoms with Crippen LogP contribution in [0.1, 0.15) is 12.0 Å². The quantitative estimate of drug-likeness (QED) is 0.862. The molecular weight excluding hydrogens is 250 g/mol. The summed E-state index contributed by atoms with van der Waals surface area (Å²) in [6.07, 6.45) is 3.66. The van der Waals surface area contributed by atoms with E-state index in [1.165, 1.54) is 0 Å². The van der Waals surface area contributed by atoms with Gasteiger partial charge in [-0.2, -0.15) is 0 Å². The van der Waals surface area contributed by atoms with E-state index in [1.54, 1.807) is 17.1 Å². The minimum Gasteiger partial charge on any atom is -0.273 e. The van der Waals surface area contributed by atoms with Gasteiger partial charge in [0.15, 0.2) is 5.82 Å². The first-order valence-electron chi connectivity index (χ1n) is 5.67. The summed E-state index contributed by atoms with van der Waals surface area (Å²) in [6, 6.07) is 7.90. The standard InChI is InChI=1S/C13H14ClN3O/c1-10-4-2-3-5-11(10)13-15-8-9-17(13)16-12(18)6-7-14/h2-5,8-9H,6-7H2,1H3,(H,16,18). The van der Waals surface area contributed by atoms with E-state index in [-0.39, 0.29) is 12.3 Å². The summed E-state index contributed by atoms with van der Waals surface area (Å²) in [6.45, 7) is 2.01. The number of imidazole rings is 1. The molecular formula is C13H14ClN3O. The van der Waals surface area contributed by atoms with Crippen molar-refractivity contribution in [1.29, 1.82) is 0 Å². The first-order chi connectivity index (χ1) is 8.72. The van der Waals surface area contributed by atoms with Crippen molar-refractivity contribution >= 4 is 17.5 Å². The number of aryl methyl sites for hydroxylation is 1. The maximum Gasteiger partial charge on any atom is 0.240 e. The average molecular weight is 264 g/mol. The highest BCUT2D eigenvalue weighted by Crippen LogP contribution is 2.20. The van der Waals surface area contributed by atoms with Crippen molar-refractivity contribution in [2.24, 2.45) is 0 Å². The molecule has 4 nitrogen and oxygen atoms in total. The Hall–Kier alpha value is -1.81. The second-order valence-corrected chi connectivity index (χ2v) is 4.29. The molecule has 0 radical (unpaired) electrons. The Labute approximate surface area is 111 Å². The number of aromatic nitrogens is 2. The second kappa shape index (κ2) is 5.69. The number of halogens is 1. The molecule has 1 amide bonds. The van der Waals surface area contributed by atoms with Crippen LogP contribution in [-0.4, -0.2) is 21.4 Å². The molecule has 0 saturated carbocycles. The average Bonchev–Trinajstić information content (AvgIpc) is 2.78. The van der Waals surface area contributed by atoms with Crippen LogP contribution in [0, 0.1) is 6.92 Å². The van der Waals surface area contributed by atoms with Crippen molar-refractivity contribution in [1.82, 2.24) is 9.66 Å². The fourth-order valence-corrected chi connectivity index (χ4v) is 1.86. The fraction of sp³-hybridized carbons (Fsp3) is 0.231. The van der Waals surface area contributed by atoms with Crippen molar-refractivity contribution < 1.29 is 4.79 Å². The number of alkyl halides is 1. The molecule has 0 atom stereocenters. The Bertz CT molecular complexity index is 551. The molecule has 1 aromatic heterocycles. The van der Waals surface area contributed by atoms with Crippen molar-refractivity contribution in [3.05, 3.63) is 42.2 Å². The van der Waals surface area contributed by atoms with Gasteiger partial charge >= 0.3 is 0 Å². The van der Waals surface area contributed by atoms with Crippen molar-refractivity contribution in [3.8, 4) is 11.4 Å². The van der Waals surface area contributed by atoms with Gasteiger partial charge in [0, 0.05) is 30.3 Å². The van der Waals surface area contributed by atoms with Gasteiger partial charge in [0.1, 0.15) is 0 Å². The predicted molar refractivity (Wildman–Crippen MR) is 72.1 cm³/mol. The molecule has 1 heterocycles. The molecule has 94 valence electrons. The number of nitrogens with zero attached hydrogens (tertiary/aromatic N) is 2. The third kappa shape index (κ3) is 2.71. The maximum absolute atomic E-state index is 11.5. The van der Waals surface area contributed by atoms with Gasteiger partial charge in [0.05, 0.1) is 0 Å². The molecule has 0 saturated heterocycles. The fourth-order valence-electron chi connectivity index (χ4n) is 1.69. The molecule has 1 N–H and O–H groups in total. The topological polar surface area (TPSA) is 46.9 Å². The largest absolute Gasteiger partial charge is 0.273 e. The normalized spacial score (nSPS) is 10.3. The highest BCUT2D eigenvalue weighted by atomic mass is 35.5. The Morgan fingerprint density at radius 2 is 2.22 bits per heavy atom. The minimum absolute atomic E-state index is 0.127. The molecule has 5 heteroatoms. The molecule has 18 heavy (non-hydrogen) atoms. The van der Waals surface area contributed by atoms with Crippen molar-refractivity contribution in [3.63, 3.8) is 0 Å². The molecule has 0 bridgehead atoms. The Morgan fingerprint density at radius 1 is 1.44 bits per heavy atom. The maximum atomic E-state index is 11.5. The number of rotatable bonds is 4. The first kappa shape index (κ1) is 12.6. The smallest absolute Gasteiger partial charge is 0.240 e. The van der Waals surface area contributed by atoms with Gasteiger partial charge in [-0.25, -0.2) is 9.66 Å². The molecule has 0 fully saturated rings. The summed E-state index contributed by atoms with van der Waals surface area (Å²) in [5.74, 6) is 0.897. The lowest BCUT2D eigenvalue weighted by molar-refractivity contribution is -0.116. The van der Waals surface area contributed by atoms with Crippen LogP contribution in [0.4, 0.5) is 0 Å². The zero-order valence-electron chi connectivity index (χ0n) is 10.1. The minimum atomic E-state index is -0.127. The van der Waals surface area contributed by atoms with Crippen molar-refractivity contribution in [2.45, 2.75) is 13.3 Å². The van der Waals surface area contributed by atoms with Gasteiger partial charge in [-0.1, -0.05) is 24.3 Å². The van der Waals surface area contributed by atoms with Crippen LogP contribution < -0.4 is 5.43 Å². The SMILES string of the molecule is Cc1ccccc1-c1nccn1NC(=O)CCCl. The molecule has 0 aliphatic heterocycles. The van der Waals surface area contributed by atoms with E-state index in [9.17, 15) is 4.79 Å². The van der Waals surface area contributed by atoms with E-state index in [0.717, 1.165) is 17.0 Å². The lowest BCUT2D eigenvalue weighted by Crippen LogP contribution is -2.23. The molecule has 1 aromatic carbocycles. The number of carbonyl (C=O) groups is 1. The lowest BCUT2D eigenvalue weighted by Gasteiger charge is -2.10. The number of amides is 1. The summed E-state index contributed by atoms with van der Waals surface area (Å²) >= 11 is 5.53. The van der Waals surface area contributed by atoms with Crippen LogP contribution >= 0.6 is 11.6 Å². The summed E-state index contributed by atoms with van der Waals surface area (Å²) in [4.78, 5) is 15.8. The lowest BCUT2D eigenvalue weighted by atomic mass is 10.1. The van der Waals surface area contributed by atoms with Crippen molar-refractivity contribution in [2.75, 3.05) is 11.3 Å². The summed E-state index contributed by atoms with van der Waals surface area (Å²) < 4.78 is 1.62. The summed E-state index contributed by atoms with van der Waals surface area (Å²) in [5.41, 5.74) is 4.85. The van der Waals surface area contributed by atoms with Gasteiger partial charge < -0.3 is 0 Å². The van der Waals surface area contributed by atoms with Gasteiger partial charge in [-0.05, 0) is 12.5 Å². The van der Waals surface area contributed by atoms with E-state index < -0.39 is 0 Å². The number of hydrogen-bond acceptors (Lipinski definition) is 2. The number of benzene rings is 1. The van der Waals surface area contributed by atoms with Crippen LogP contribution in [0.25, 0.3) is 11.4 Å². The van der Waals surface area contributed by atoms with Crippen LogP contribution in [-0.2, 0) is 4.79 Å². The first-order valence-corrected chi connectivity index (χ1v) is 6.21.